The van der Waals surface area contributed by atoms with E-state index in [-0.39, 0.29) is 18.5 Å². The van der Waals surface area contributed by atoms with Crippen molar-refractivity contribution in [2.75, 3.05) is 23.7 Å². The molecule has 1 unspecified atom stereocenters. The number of benzene rings is 1. The summed E-state index contributed by atoms with van der Waals surface area (Å²) in [6, 6.07) is 5.29. The van der Waals surface area contributed by atoms with Crippen molar-refractivity contribution in [3.63, 3.8) is 0 Å². The molecule has 0 N–H and O–H groups in total. The van der Waals surface area contributed by atoms with Crippen molar-refractivity contribution in [2.45, 2.75) is 38.6 Å². The van der Waals surface area contributed by atoms with Crippen molar-refractivity contribution in [3.05, 3.63) is 30.1 Å². The lowest BCUT2D eigenvalue weighted by Gasteiger charge is -2.36. The lowest BCUT2D eigenvalue weighted by molar-refractivity contribution is -0.133. The molecule has 0 spiro atoms. The van der Waals surface area contributed by atoms with E-state index < -0.39 is 15.8 Å². The molecule has 0 radical (unpaired) electrons. The van der Waals surface area contributed by atoms with E-state index in [9.17, 15) is 17.6 Å². The molecule has 0 aliphatic carbocycles. The molecular weight excluding hydrogens is 319 g/mol. The molecule has 0 aromatic heterocycles. The molecule has 128 valence electrons. The van der Waals surface area contributed by atoms with Crippen LogP contribution in [0, 0.1) is 5.82 Å². The van der Waals surface area contributed by atoms with E-state index >= 15 is 0 Å². The van der Waals surface area contributed by atoms with Crippen LogP contribution in [0.2, 0.25) is 0 Å². The molecule has 0 bridgehead atoms. The van der Waals surface area contributed by atoms with E-state index in [2.05, 4.69) is 0 Å². The highest BCUT2D eigenvalue weighted by atomic mass is 32.2. The average molecular weight is 342 g/mol. The topological polar surface area (TPSA) is 57.7 Å². The third-order valence-corrected chi connectivity index (χ3v) is 5.35. The molecule has 5 nitrogen and oxygen atoms in total. The number of sulfonamides is 1. The zero-order valence-electron chi connectivity index (χ0n) is 13.5. The Kier molecular flexibility index (Phi) is 5.62. The Morgan fingerprint density at radius 1 is 1.30 bits per heavy atom. The van der Waals surface area contributed by atoms with E-state index in [0.29, 0.717) is 12.2 Å². The van der Waals surface area contributed by atoms with Gasteiger partial charge in [0.25, 0.3) is 0 Å². The number of carbonyl (C=O) groups is 1. The first-order chi connectivity index (χ1) is 10.8. The monoisotopic (exact) mass is 342 g/mol. The summed E-state index contributed by atoms with van der Waals surface area (Å²) in [5, 5.41) is 0. The average Bonchev–Trinajstić information content (AvgIpc) is 2.52. The van der Waals surface area contributed by atoms with Gasteiger partial charge in [0.15, 0.2) is 0 Å². The van der Waals surface area contributed by atoms with Gasteiger partial charge >= 0.3 is 0 Å². The third kappa shape index (κ3) is 4.43. The van der Waals surface area contributed by atoms with Crippen LogP contribution in [0.25, 0.3) is 0 Å². The van der Waals surface area contributed by atoms with Crippen LogP contribution in [0.5, 0.6) is 0 Å². The summed E-state index contributed by atoms with van der Waals surface area (Å²) in [5.41, 5.74) is 0.298. The van der Waals surface area contributed by atoms with Gasteiger partial charge in [0.05, 0.1) is 11.9 Å². The summed E-state index contributed by atoms with van der Waals surface area (Å²) in [6.07, 6.45) is 4.91. The zero-order valence-corrected chi connectivity index (χ0v) is 14.4. The van der Waals surface area contributed by atoms with Crippen LogP contribution in [-0.2, 0) is 14.8 Å². The van der Waals surface area contributed by atoms with Crippen molar-refractivity contribution >= 4 is 21.6 Å². The number of rotatable bonds is 5. The number of likely N-dealkylation sites (tertiary alicyclic amines) is 1. The predicted molar refractivity (Wildman–Crippen MR) is 88.2 cm³/mol. The van der Waals surface area contributed by atoms with E-state index in [1.807, 2.05) is 6.92 Å². The molecule has 2 rings (SSSR count). The number of hydrogen-bond donors (Lipinski definition) is 0. The van der Waals surface area contributed by atoms with Gasteiger partial charge in [-0.15, -0.1) is 0 Å². The van der Waals surface area contributed by atoms with Gasteiger partial charge in [-0.2, -0.15) is 0 Å². The first-order valence-corrected chi connectivity index (χ1v) is 9.70. The van der Waals surface area contributed by atoms with E-state index in [0.717, 1.165) is 36.2 Å². The summed E-state index contributed by atoms with van der Waals surface area (Å²) < 4.78 is 38.2. The van der Waals surface area contributed by atoms with Gasteiger partial charge < -0.3 is 4.90 Å². The van der Waals surface area contributed by atoms with Crippen LogP contribution in [-0.4, -0.2) is 44.6 Å². The Morgan fingerprint density at radius 3 is 2.52 bits per heavy atom. The summed E-state index contributed by atoms with van der Waals surface area (Å²) in [4.78, 5) is 14.4. The van der Waals surface area contributed by atoms with Gasteiger partial charge in [0.1, 0.15) is 12.4 Å². The molecule has 1 fully saturated rings. The lowest BCUT2D eigenvalue weighted by Crippen LogP contribution is -2.48. The summed E-state index contributed by atoms with van der Waals surface area (Å²) in [6.45, 7) is 2.45. The van der Waals surface area contributed by atoms with Crippen molar-refractivity contribution in [1.82, 2.24) is 4.90 Å². The second-order valence-electron chi connectivity index (χ2n) is 5.89. The molecule has 1 aromatic carbocycles. The zero-order chi connectivity index (χ0) is 17.0. The highest BCUT2D eigenvalue weighted by Crippen LogP contribution is 2.22. The van der Waals surface area contributed by atoms with Gasteiger partial charge in [-0.1, -0.05) is 6.92 Å². The maximum Gasteiger partial charge on any atom is 0.243 e. The maximum absolute atomic E-state index is 13.1. The first-order valence-electron chi connectivity index (χ1n) is 7.85. The number of anilines is 1. The molecule has 1 saturated heterocycles. The smallest absolute Gasteiger partial charge is 0.243 e. The third-order valence-electron chi connectivity index (χ3n) is 4.21. The number of halogens is 1. The Hall–Kier alpha value is -1.63. The normalized spacial score (nSPS) is 18.7. The van der Waals surface area contributed by atoms with Crippen LogP contribution in [0.3, 0.4) is 0 Å². The minimum Gasteiger partial charge on any atom is -0.338 e. The fraction of sp³-hybridized carbons (Fsp3) is 0.562. The molecule has 1 aliphatic heterocycles. The van der Waals surface area contributed by atoms with Crippen LogP contribution < -0.4 is 4.31 Å². The first kappa shape index (κ1) is 17.7. The van der Waals surface area contributed by atoms with Gasteiger partial charge in [-0.05, 0) is 49.9 Å². The Labute approximate surface area is 137 Å². The van der Waals surface area contributed by atoms with Crippen molar-refractivity contribution < 1.29 is 17.6 Å². The highest BCUT2D eigenvalue weighted by Gasteiger charge is 2.29. The number of carbonyl (C=O) groups excluding carboxylic acids is 1. The number of hydrogen-bond acceptors (Lipinski definition) is 3. The predicted octanol–water partition coefficient (Wildman–Crippen LogP) is 2.38. The van der Waals surface area contributed by atoms with Gasteiger partial charge in [-0.25, -0.2) is 12.8 Å². The Morgan fingerprint density at radius 2 is 1.96 bits per heavy atom. The molecule has 1 amide bonds. The van der Waals surface area contributed by atoms with E-state index in [1.165, 1.54) is 24.3 Å². The molecule has 1 heterocycles. The molecule has 1 aromatic rings. The summed E-state index contributed by atoms with van der Waals surface area (Å²) in [5.74, 6) is -0.651. The second kappa shape index (κ2) is 7.29. The van der Waals surface area contributed by atoms with Crippen molar-refractivity contribution in [3.8, 4) is 0 Å². The number of nitrogens with zero attached hydrogens (tertiary/aromatic N) is 2. The van der Waals surface area contributed by atoms with Crippen molar-refractivity contribution in [1.29, 1.82) is 0 Å². The SMILES string of the molecule is CCC1CCCCN1C(=O)CN(c1ccc(F)cc1)S(C)(=O)=O. The lowest BCUT2D eigenvalue weighted by atomic mass is 10.00. The van der Waals surface area contributed by atoms with Gasteiger partial charge in [0, 0.05) is 12.6 Å². The molecule has 0 saturated carbocycles. The number of amides is 1. The fourth-order valence-corrected chi connectivity index (χ4v) is 3.82. The van der Waals surface area contributed by atoms with Gasteiger partial charge in [-0.3, -0.25) is 9.10 Å². The minimum atomic E-state index is -3.63. The van der Waals surface area contributed by atoms with E-state index in [4.69, 9.17) is 0 Å². The van der Waals surface area contributed by atoms with E-state index in [1.54, 1.807) is 4.90 Å². The molecule has 23 heavy (non-hydrogen) atoms. The van der Waals surface area contributed by atoms with Gasteiger partial charge in [0.2, 0.25) is 15.9 Å². The largest absolute Gasteiger partial charge is 0.338 e. The Balaban J connectivity index is 2.21. The second-order valence-corrected chi connectivity index (χ2v) is 7.80. The Bertz CT molecular complexity index is 646. The van der Waals surface area contributed by atoms with Crippen LogP contribution in [0.4, 0.5) is 10.1 Å². The minimum absolute atomic E-state index is 0.172. The molecule has 7 heteroatoms. The molecule has 1 aliphatic rings. The molecular formula is C16H23FN2O3S. The van der Waals surface area contributed by atoms with Crippen LogP contribution >= 0.6 is 0 Å². The highest BCUT2D eigenvalue weighted by molar-refractivity contribution is 7.92. The quantitative estimate of drug-likeness (QED) is 0.825. The number of piperidine rings is 1. The standard InChI is InChI=1S/C16H23FN2O3S/c1-3-14-6-4-5-11-18(14)16(20)12-19(23(2,21)22)15-9-7-13(17)8-10-15/h7-10,14H,3-6,11-12H2,1-2H3. The van der Waals surface area contributed by atoms with Crippen molar-refractivity contribution in [2.24, 2.45) is 0 Å². The van der Waals surface area contributed by atoms with Crippen LogP contribution in [0.15, 0.2) is 24.3 Å². The summed E-state index contributed by atoms with van der Waals surface area (Å²) in [7, 11) is -3.63. The fourth-order valence-electron chi connectivity index (χ4n) is 2.97. The molecule has 1 atom stereocenters. The van der Waals surface area contributed by atoms with Crippen LogP contribution in [0.1, 0.15) is 32.6 Å². The maximum atomic E-state index is 13.1. The summed E-state index contributed by atoms with van der Waals surface area (Å²) >= 11 is 0.